The predicted molar refractivity (Wildman–Crippen MR) is 347 cm³/mol. The molecule has 92 heavy (non-hydrogen) atoms. The fraction of sp³-hybridized carbons (Fsp3) is 0.128. The van der Waals surface area contributed by atoms with Crippen LogP contribution in [0.2, 0.25) is 0 Å². The molecule has 0 N–H and O–H groups in total. The summed E-state index contributed by atoms with van der Waals surface area (Å²) in [6.07, 6.45) is 19.1. The van der Waals surface area contributed by atoms with Crippen LogP contribution in [0.1, 0.15) is 106 Å². The third-order valence-electron chi connectivity index (χ3n) is 20.3. The zero-order valence-electron chi connectivity index (χ0n) is 51.1. The number of aromatic nitrogens is 8. The Bertz CT molecular complexity index is 4460. The largest absolute Gasteiger partial charge is 0.581 e. The number of rotatable bonds is 8. The maximum atomic E-state index is 4.73. The van der Waals surface area contributed by atoms with E-state index in [1.807, 2.05) is 61.7 Å². The Morgan fingerprint density at radius 3 is 1.00 bits per heavy atom. The van der Waals surface area contributed by atoms with Gasteiger partial charge in [0.25, 0.3) is 0 Å². The van der Waals surface area contributed by atoms with E-state index in [0.717, 1.165) is 78.1 Å². The maximum absolute atomic E-state index is 4.73. The molecule has 6 aliphatic rings. The van der Waals surface area contributed by atoms with Gasteiger partial charge in [0.15, 0.2) is 0 Å². The Morgan fingerprint density at radius 1 is 0.337 bits per heavy atom. The van der Waals surface area contributed by atoms with E-state index in [-0.39, 0.29) is 42.1 Å². The molecule has 0 fully saturated rings. The first-order chi connectivity index (χ1) is 44.1. The van der Waals surface area contributed by atoms with E-state index in [0.29, 0.717) is 0 Å². The molecule has 4 unspecified atom stereocenters. The van der Waals surface area contributed by atoms with Crippen LogP contribution in [0.4, 0.5) is 0 Å². The van der Waals surface area contributed by atoms with Gasteiger partial charge in [-0.3, -0.25) is 19.9 Å². The van der Waals surface area contributed by atoms with Crippen molar-refractivity contribution in [2.75, 3.05) is 14.1 Å². The van der Waals surface area contributed by atoms with Gasteiger partial charge >= 0.3 is 0 Å². The van der Waals surface area contributed by atoms with Gasteiger partial charge < -0.3 is 40.0 Å². The smallest absolute Gasteiger partial charge is 0.0703 e. The Morgan fingerprint density at radius 2 is 0.652 bits per heavy atom. The predicted octanol–water partition coefficient (Wildman–Crippen LogP) is 13.8. The molecule has 6 aromatic heterocycles. The summed E-state index contributed by atoms with van der Waals surface area (Å²) in [5.74, 6) is 0. The molecule has 0 saturated heterocycles. The first-order valence-electron chi connectivity index (χ1n) is 30.4. The molecule has 0 radical (unpaired) electrons. The van der Waals surface area contributed by atoms with Crippen molar-refractivity contribution in [2.24, 2.45) is 0 Å². The van der Waals surface area contributed by atoms with Crippen LogP contribution in [-0.2, 0) is 64.0 Å². The number of fused-ring (bicyclic) bond motifs is 12. The second-order valence-corrected chi connectivity index (χ2v) is 24.1. The first kappa shape index (κ1) is 58.7. The zero-order valence-corrected chi connectivity index (χ0v) is 55.6. The van der Waals surface area contributed by atoms with Gasteiger partial charge in [0.1, 0.15) is 0 Å². The fourth-order valence-electron chi connectivity index (χ4n) is 16.1. The number of nitrogens with zero attached hydrogens (tertiary/aromatic N) is 12. The van der Waals surface area contributed by atoms with E-state index < -0.39 is 21.9 Å². The van der Waals surface area contributed by atoms with Crippen LogP contribution >= 0.6 is 0 Å². The summed E-state index contributed by atoms with van der Waals surface area (Å²) < 4.78 is 0. The van der Waals surface area contributed by atoms with Gasteiger partial charge in [-0.2, -0.15) is 74.3 Å². The molecule has 456 valence electrons. The number of hydrogen-bond donors (Lipinski definition) is 0. The molecule has 0 bridgehead atoms. The number of allylic oxidation sites excluding steroid dienone is 4. The van der Waals surface area contributed by atoms with Crippen molar-refractivity contribution in [3.05, 3.63) is 358 Å². The summed E-state index contributed by atoms with van der Waals surface area (Å²) in [7, 11) is 4.22. The van der Waals surface area contributed by atoms with Crippen LogP contribution in [0.25, 0.3) is 44.5 Å². The molecule has 6 aromatic carbocycles. The molecule has 14 heteroatoms. The van der Waals surface area contributed by atoms with Gasteiger partial charge in [-0.25, -0.2) is 0 Å². The Balaban J connectivity index is 0.000000149. The third-order valence-corrected chi connectivity index (χ3v) is 20.3. The van der Waals surface area contributed by atoms with Gasteiger partial charge in [-0.15, -0.1) is 22.3 Å². The van der Waals surface area contributed by atoms with Crippen LogP contribution in [-0.4, -0.2) is 63.8 Å². The van der Waals surface area contributed by atoms with Crippen LogP contribution in [0.15, 0.2) is 255 Å². The van der Waals surface area contributed by atoms with E-state index in [9.17, 15) is 0 Å². The molecule has 4 aliphatic carbocycles. The van der Waals surface area contributed by atoms with E-state index in [2.05, 4.69) is 265 Å². The number of pyridine rings is 4. The molecule has 0 saturated carbocycles. The molecule has 0 spiro atoms. The summed E-state index contributed by atoms with van der Waals surface area (Å²) in [5.41, 5.74) is 26.3. The molecular weight excluding hydrogens is 1500 g/mol. The van der Waals surface area contributed by atoms with Crippen molar-refractivity contribution >= 4 is 0 Å². The third kappa shape index (κ3) is 7.71. The molecule has 12 aromatic rings. The summed E-state index contributed by atoms with van der Waals surface area (Å²) in [5, 5.41) is 18.1. The quantitative estimate of drug-likeness (QED) is 0.135. The maximum Gasteiger partial charge on any atom is 0.0703 e. The van der Waals surface area contributed by atoms with Crippen LogP contribution < -0.4 is 10.2 Å². The van der Waals surface area contributed by atoms with Crippen molar-refractivity contribution in [3.8, 4) is 44.5 Å². The number of hydrogen-bond acceptors (Lipinski definition) is 10. The minimum absolute atomic E-state index is 0. The van der Waals surface area contributed by atoms with E-state index in [1.165, 1.54) is 67.3 Å². The van der Waals surface area contributed by atoms with Gasteiger partial charge in [0.05, 0.1) is 21.9 Å². The van der Waals surface area contributed by atoms with Crippen LogP contribution in [0.3, 0.4) is 0 Å². The van der Waals surface area contributed by atoms with E-state index in [1.54, 1.807) is 12.4 Å². The molecule has 12 nitrogen and oxygen atoms in total. The van der Waals surface area contributed by atoms with E-state index in [4.69, 9.17) is 20.2 Å². The normalized spacial score (nSPS) is 20.7. The molecule has 2 aliphatic heterocycles. The molecule has 4 atom stereocenters. The zero-order chi connectivity index (χ0) is 60.7. The fourth-order valence-corrected chi connectivity index (χ4v) is 16.1. The molecule has 0 amide bonds. The second-order valence-electron chi connectivity index (χ2n) is 24.1. The summed E-state index contributed by atoms with van der Waals surface area (Å²) in [6.45, 7) is 13.2. The van der Waals surface area contributed by atoms with Crippen molar-refractivity contribution in [2.45, 2.75) is 49.6 Å². The van der Waals surface area contributed by atoms with Crippen molar-refractivity contribution < 1.29 is 42.1 Å². The average Bonchev–Trinajstić information content (AvgIpc) is 1.52. The van der Waals surface area contributed by atoms with Crippen molar-refractivity contribution in [3.63, 3.8) is 0 Å². The van der Waals surface area contributed by atoms with E-state index >= 15 is 0 Å². The SMILES string of the molecule is CC1=C(C)N(C2(c3[c-]c(C4(c5cc[n-]n5)c5ccccc5-c5ccncc54)ccc3)c3ccccc3-c3ccncc32)[CH-]N1C.CC1=C(C)N(C2(c3[c-]c(C4(c5cc[n-]n5)c5ccccc5-c5ccncc54)ccc3)c3ccccc3-c3ccncc32)[CH-]N1C.[Pt].[Pt]. The summed E-state index contributed by atoms with van der Waals surface area (Å²) in [6, 6.07) is 68.5. The second kappa shape index (κ2) is 22.1. The molecule has 18 rings (SSSR count). The summed E-state index contributed by atoms with van der Waals surface area (Å²) >= 11 is 0. The van der Waals surface area contributed by atoms with Crippen molar-refractivity contribution in [1.29, 1.82) is 0 Å². The standard InChI is InChI=1S/2C39H29N6.2Pt/c2*1-25-26(2)45(24-44(25)3)39(34-14-7-5-12-30(34)32-16-19-41-23-36(32)39)28-10-8-9-27(21-28)38(37-17-20-42-43-37)33-13-6-4-11-29(33)31-15-18-40-22-35(31)38;;/h2*4-20,22-24H,1-3H3;;/q2*-3;;. The Labute approximate surface area is 564 Å². The minimum Gasteiger partial charge on any atom is -0.581 e. The first-order valence-corrected chi connectivity index (χ1v) is 30.4. The van der Waals surface area contributed by atoms with Crippen LogP contribution in [0, 0.1) is 25.5 Å². The van der Waals surface area contributed by atoms with Gasteiger partial charge in [-0.1, -0.05) is 109 Å². The number of benzene rings is 6. The molecular formula is C78H58N12Pt2-6. The monoisotopic (exact) mass is 1550 g/mol. The summed E-state index contributed by atoms with van der Waals surface area (Å²) in [4.78, 5) is 27.9. The Kier molecular flexibility index (Phi) is 14.1. The topological polar surface area (TPSA) is 118 Å². The molecule has 8 heterocycles. The van der Waals surface area contributed by atoms with Crippen LogP contribution in [0.5, 0.6) is 0 Å². The van der Waals surface area contributed by atoms with Crippen molar-refractivity contribution in [1.82, 2.24) is 59.9 Å². The van der Waals surface area contributed by atoms with Gasteiger partial charge in [-0.05, 0) is 167 Å². The minimum atomic E-state index is -0.740. The van der Waals surface area contributed by atoms with Gasteiger partial charge in [0.2, 0.25) is 0 Å². The Hall–Kier alpha value is -9.60. The van der Waals surface area contributed by atoms with Gasteiger partial charge in [0, 0.05) is 114 Å². The average molecular weight is 1550 g/mol.